The SMILES string of the molecule is Cc1nc2ccc(C(=O)OC(C)C(=O)NC(=O)NCc3ccccc3)cc2nc1C. The zero-order valence-electron chi connectivity index (χ0n) is 16.9. The Balaban J connectivity index is 1.56. The molecule has 0 bridgehead atoms. The maximum absolute atomic E-state index is 12.4. The first-order valence-corrected chi connectivity index (χ1v) is 9.42. The number of nitrogens with zero attached hydrogens (tertiary/aromatic N) is 2. The van der Waals surface area contributed by atoms with Crippen molar-refractivity contribution in [3.8, 4) is 0 Å². The summed E-state index contributed by atoms with van der Waals surface area (Å²) in [4.78, 5) is 45.3. The monoisotopic (exact) mass is 406 g/mol. The molecule has 1 aromatic heterocycles. The third-order valence-corrected chi connectivity index (χ3v) is 4.50. The van der Waals surface area contributed by atoms with Gasteiger partial charge in [-0.2, -0.15) is 0 Å². The van der Waals surface area contributed by atoms with Crippen molar-refractivity contribution >= 4 is 28.9 Å². The topological polar surface area (TPSA) is 110 Å². The molecule has 0 aliphatic carbocycles. The fourth-order valence-electron chi connectivity index (χ4n) is 2.68. The molecule has 2 N–H and O–H groups in total. The lowest BCUT2D eigenvalue weighted by atomic mass is 10.2. The lowest BCUT2D eigenvalue weighted by Gasteiger charge is -2.13. The first-order chi connectivity index (χ1) is 14.3. The molecule has 0 saturated heterocycles. The summed E-state index contributed by atoms with van der Waals surface area (Å²) >= 11 is 0. The van der Waals surface area contributed by atoms with E-state index in [4.69, 9.17) is 4.74 Å². The summed E-state index contributed by atoms with van der Waals surface area (Å²) in [6.07, 6.45) is -1.15. The molecule has 8 nitrogen and oxygen atoms in total. The summed E-state index contributed by atoms with van der Waals surface area (Å²) in [5.74, 6) is -1.41. The van der Waals surface area contributed by atoms with Crippen molar-refractivity contribution in [2.45, 2.75) is 33.4 Å². The van der Waals surface area contributed by atoms with Crippen LogP contribution >= 0.6 is 0 Å². The van der Waals surface area contributed by atoms with Crippen LogP contribution < -0.4 is 10.6 Å². The number of aryl methyl sites for hydroxylation is 2. The molecule has 154 valence electrons. The van der Waals surface area contributed by atoms with Crippen LogP contribution in [0.2, 0.25) is 0 Å². The Labute approximate surface area is 173 Å². The molecule has 3 rings (SSSR count). The number of hydrogen-bond donors (Lipinski definition) is 2. The Morgan fingerprint density at radius 2 is 1.63 bits per heavy atom. The molecule has 2 aromatic carbocycles. The number of amides is 3. The maximum atomic E-state index is 12.4. The van der Waals surface area contributed by atoms with Crippen LogP contribution in [-0.4, -0.2) is 34.0 Å². The van der Waals surface area contributed by atoms with Crippen molar-refractivity contribution in [2.75, 3.05) is 0 Å². The number of carbonyl (C=O) groups is 3. The van der Waals surface area contributed by atoms with Gasteiger partial charge in [-0.05, 0) is 44.5 Å². The predicted molar refractivity (Wildman–Crippen MR) is 111 cm³/mol. The van der Waals surface area contributed by atoms with Crippen molar-refractivity contribution < 1.29 is 19.1 Å². The van der Waals surface area contributed by atoms with Gasteiger partial charge in [0.15, 0.2) is 6.10 Å². The van der Waals surface area contributed by atoms with Crippen LogP contribution in [0, 0.1) is 13.8 Å². The smallest absolute Gasteiger partial charge is 0.338 e. The number of rotatable bonds is 5. The molecule has 0 saturated carbocycles. The minimum absolute atomic E-state index is 0.244. The number of ether oxygens (including phenoxy) is 1. The van der Waals surface area contributed by atoms with E-state index in [-0.39, 0.29) is 12.1 Å². The summed E-state index contributed by atoms with van der Waals surface area (Å²) in [6, 6.07) is 13.4. The quantitative estimate of drug-likeness (QED) is 0.631. The second-order valence-corrected chi connectivity index (χ2v) is 6.80. The normalized spacial score (nSPS) is 11.6. The maximum Gasteiger partial charge on any atom is 0.338 e. The highest BCUT2D eigenvalue weighted by atomic mass is 16.5. The van der Waals surface area contributed by atoms with Crippen molar-refractivity contribution in [1.29, 1.82) is 0 Å². The average Bonchev–Trinajstić information content (AvgIpc) is 2.73. The fraction of sp³-hybridized carbons (Fsp3) is 0.227. The van der Waals surface area contributed by atoms with Crippen molar-refractivity contribution in [2.24, 2.45) is 0 Å². The van der Waals surface area contributed by atoms with Crippen molar-refractivity contribution in [3.05, 3.63) is 71.0 Å². The first kappa shape index (κ1) is 20.9. The van der Waals surface area contributed by atoms with Crippen molar-refractivity contribution in [3.63, 3.8) is 0 Å². The Kier molecular flexibility index (Phi) is 6.36. The van der Waals surface area contributed by atoms with E-state index >= 15 is 0 Å². The molecule has 1 atom stereocenters. The minimum atomic E-state index is -1.15. The van der Waals surface area contributed by atoms with Gasteiger partial charge in [-0.15, -0.1) is 0 Å². The van der Waals surface area contributed by atoms with Crippen LogP contribution in [0.5, 0.6) is 0 Å². The van der Waals surface area contributed by atoms with E-state index in [0.717, 1.165) is 17.0 Å². The highest BCUT2D eigenvalue weighted by Gasteiger charge is 2.21. The lowest BCUT2D eigenvalue weighted by molar-refractivity contribution is -0.127. The van der Waals surface area contributed by atoms with Gasteiger partial charge in [0.05, 0.1) is 28.0 Å². The van der Waals surface area contributed by atoms with Gasteiger partial charge >= 0.3 is 12.0 Å². The third-order valence-electron chi connectivity index (χ3n) is 4.50. The molecular weight excluding hydrogens is 384 g/mol. The molecular formula is C22H22N4O4. The zero-order valence-corrected chi connectivity index (χ0v) is 16.9. The molecule has 0 spiro atoms. The van der Waals surface area contributed by atoms with Crippen LogP contribution in [0.15, 0.2) is 48.5 Å². The number of fused-ring (bicyclic) bond motifs is 1. The number of hydrogen-bond acceptors (Lipinski definition) is 6. The second-order valence-electron chi connectivity index (χ2n) is 6.80. The van der Waals surface area contributed by atoms with Gasteiger partial charge in [-0.3, -0.25) is 10.1 Å². The van der Waals surface area contributed by atoms with Crippen LogP contribution in [-0.2, 0) is 16.1 Å². The number of nitrogens with one attached hydrogen (secondary N) is 2. The molecule has 0 aliphatic heterocycles. The summed E-state index contributed by atoms with van der Waals surface area (Å²) in [5, 5.41) is 4.73. The molecule has 30 heavy (non-hydrogen) atoms. The summed E-state index contributed by atoms with van der Waals surface area (Å²) in [7, 11) is 0. The summed E-state index contributed by atoms with van der Waals surface area (Å²) < 4.78 is 5.19. The third kappa shape index (κ3) is 5.16. The highest BCUT2D eigenvalue weighted by Crippen LogP contribution is 2.15. The average molecular weight is 406 g/mol. The number of carbonyl (C=O) groups excluding carboxylic acids is 3. The molecule has 1 unspecified atom stereocenters. The van der Waals surface area contributed by atoms with E-state index in [1.807, 2.05) is 44.2 Å². The molecule has 0 radical (unpaired) electrons. The number of aromatic nitrogens is 2. The second kappa shape index (κ2) is 9.13. The van der Waals surface area contributed by atoms with Gasteiger partial charge in [-0.25, -0.2) is 19.6 Å². The molecule has 1 heterocycles. The Hall–Kier alpha value is -3.81. The van der Waals surface area contributed by atoms with Gasteiger partial charge in [0, 0.05) is 6.54 Å². The van der Waals surface area contributed by atoms with Gasteiger partial charge in [0.2, 0.25) is 0 Å². The Morgan fingerprint density at radius 3 is 2.33 bits per heavy atom. The van der Waals surface area contributed by atoms with E-state index in [0.29, 0.717) is 11.0 Å². The first-order valence-electron chi connectivity index (χ1n) is 9.42. The van der Waals surface area contributed by atoms with E-state index in [1.54, 1.807) is 18.2 Å². The van der Waals surface area contributed by atoms with E-state index < -0.39 is 24.0 Å². The minimum Gasteiger partial charge on any atom is -0.449 e. The Morgan fingerprint density at radius 1 is 0.967 bits per heavy atom. The van der Waals surface area contributed by atoms with Crippen LogP contribution in [0.4, 0.5) is 4.79 Å². The van der Waals surface area contributed by atoms with E-state index in [2.05, 4.69) is 20.6 Å². The molecule has 3 amide bonds. The molecule has 3 aromatic rings. The summed E-state index contributed by atoms with van der Waals surface area (Å²) in [6.45, 7) is 5.36. The lowest BCUT2D eigenvalue weighted by Crippen LogP contribution is -2.44. The number of esters is 1. The van der Waals surface area contributed by atoms with Gasteiger partial charge in [-0.1, -0.05) is 30.3 Å². The molecule has 8 heteroatoms. The number of urea groups is 1. The van der Waals surface area contributed by atoms with E-state index in [1.165, 1.54) is 6.92 Å². The molecule has 0 fully saturated rings. The van der Waals surface area contributed by atoms with Gasteiger partial charge in [0.1, 0.15) is 0 Å². The van der Waals surface area contributed by atoms with Crippen molar-refractivity contribution in [1.82, 2.24) is 20.6 Å². The number of benzene rings is 2. The summed E-state index contributed by atoms with van der Waals surface area (Å²) in [5.41, 5.74) is 3.94. The predicted octanol–water partition coefficient (Wildman–Crippen LogP) is 2.82. The molecule has 0 aliphatic rings. The zero-order chi connectivity index (χ0) is 21.7. The van der Waals surface area contributed by atoms with Crippen LogP contribution in [0.3, 0.4) is 0 Å². The largest absolute Gasteiger partial charge is 0.449 e. The number of imide groups is 1. The Bertz CT molecular complexity index is 1100. The van der Waals surface area contributed by atoms with E-state index in [9.17, 15) is 14.4 Å². The van der Waals surface area contributed by atoms with Crippen LogP contribution in [0.1, 0.15) is 34.2 Å². The fourth-order valence-corrected chi connectivity index (χ4v) is 2.68. The van der Waals surface area contributed by atoms with Crippen LogP contribution in [0.25, 0.3) is 11.0 Å². The van der Waals surface area contributed by atoms with Gasteiger partial charge < -0.3 is 10.1 Å². The van der Waals surface area contributed by atoms with Gasteiger partial charge in [0.25, 0.3) is 5.91 Å². The standard InChI is InChI=1S/C22H22N4O4/c1-13-14(2)25-19-11-17(9-10-18(19)24-13)21(28)30-15(3)20(27)26-22(29)23-12-16-7-5-4-6-8-16/h4-11,15H,12H2,1-3H3,(H2,23,26,27,29). The highest BCUT2D eigenvalue weighted by molar-refractivity contribution is 5.99.